The topological polar surface area (TPSA) is 102 Å². The zero-order valence-corrected chi connectivity index (χ0v) is 28.0. The van der Waals surface area contributed by atoms with Gasteiger partial charge in [0.1, 0.15) is 30.1 Å². The van der Waals surface area contributed by atoms with E-state index >= 15 is 4.39 Å². The van der Waals surface area contributed by atoms with Crippen molar-refractivity contribution in [2.75, 3.05) is 45.2 Å². The molecule has 0 unspecified atom stereocenters. The molecule has 4 aromatic rings. The lowest BCUT2D eigenvalue weighted by molar-refractivity contribution is -0.137. The molecule has 1 aromatic heterocycles. The van der Waals surface area contributed by atoms with Gasteiger partial charge in [-0.15, -0.1) is 0 Å². The molecule has 51 heavy (non-hydrogen) atoms. The fraction of sp³-hybridized carbons (Fsp3) is 0.324. The van der Waals surface area contributed by atoms with Crippen molar-refractivity contribution < 1.29 is 45.8 Å². The van der Waals surface area contributed by atoms with E-state index < -0.39 is 42.0 Å². The number of methoxy groups -OCH3 is 1. The van der Waals surface area contributed by atoms with Crippen molar-refractivity contribution >= 4 is 17.5 Å². The predicted octanol–water partition coefficient (Wildman–Crippen LogP) is 6.85. The average Bonchev–Trinajstić information content (AvgIpc) is 3.52. The molecule has 9 nitrogen and oxygen atoms in total. The lowest BCUT2D eigenvalue weighted by Crippen LogP contribution is -2.34. The number of carbonyl (C=O) groups excluding carboxylic acids is 2. The van der Waals surface area contributed by atoms with Gasteiger partial charge in [-0.2, -0.15) is 13.2 Å². The van der Waals surface area contributed by atoms with E-state index in [1.165, 1.54) is 18.3 Å². The van der Waals surface area contributed by atoms with Crippen LogP contribution in [-0.2, 0) is 24.0 Å². The van der Waals surface area contributed by atoms with Crippen LogP contribution in [0, 0.1) is 5.82 Å². The zero-order chi connectivity index (χ0) is 36.5. The van der Waals surface area contributed by atoms with Gasteiger partial charge < -0.3 is 24.8 Å². The van der Waals surface area contributed by atoms with E-state index in [0.717, 1.165) is 11.6 Å². The minimum absolute atomic E-state index is 0.0102. The van der Waals surface area contributed by atoms with E-state index in [-0.39, 0.29) is 36.5 Å². The summed E-state index contributed by atoms with van der Waals surface area (Å²) in [4.78, 5) is 31.8. The number of hydrogen-bond donors (Lipinski definition) is 2. The van der Waals surface area contributed by atoms with Crippen LogP contribution in [0.1, 0.15) is 40.4 Å². The van der Waals surface area contributed by atoms with Crippen LogP contribution in [0.4, 0.5) is 27.6 Å². The summed E-state index contributed by atoms with van der Waals surface area (Å²) in [5.41, 5.74) is 0.0286. The minimum atomic E-state index is -4.81. The molecule has 1 saturated heterocycles. The first-order valence-electron chi connectivity index (χ1n) is 16.3. The predicted molar refractivity (Wildman–Crippen MR) is 180 cm³/mol. The number of nitrogens with one attached hydrogen (secondary N) is 2. The van der Waals surface area contributed by atoms with Gasteiger partial charge in [0.25, 0.3) is 5.91 Å². The average molecular weight is 713 g/mol. The second-order valence-electron chi connectivity index (χ2n) is 11.9. The fourth-order valence-corrected chi connectivity index (χ4v) is 5.52. The molecule has 1 aliphatic heterocycles. The van der Waals surface area contributed by atoms with Gasteiger partial charge in [-0.05, 0) is 66.4 Å². The van der Waals surface area contributed by atoms with Crippen LogP contribution in [-0.4, -0.2) is 67.8 Å². The Labute approximate surface area is 291 Å². The highest BCUT2D eigenvalue weighted by Crippen LogP contribution is 2.34. The molecule has 3 aromatic carbocycles. The maximum atomic E-state index is 15.3. The van der Waals surface area contributed by atoms with E-state index in [4.69, 9.17) is 14.2 Å². The van der Waals surface area contributed by atoms with Crippen molar-refractivity contribution in [2.24, 2.45) is 0 Å². The molecule has 0 spiro atoms. The number of anilines is 1. The molecule has 14 heteroatoms. The second kappa shape index (κ2) is 16.6. The molecule has 1 aliphatic rings. The van der Waals surface area contributed by atoms with Crippen LogP contribution in [0.15, 0.2) is 72.9 Å². The zero-order valence-electron chi connectivity index (χ0n) is 28.0. The van der Waals surface area contributed by atoms with E-state index in [2.05, 4.69) is 15.6 Å². The summed E-state index contributed by atoms with van der Waals surface area (Å²) in [6, 6.07) is 15.6. The van der Waals surface area contributed by atoms with Crippen LogP contribution < -0.4 is 24.8 Å². The number of aromatic nitrogens is 1. The van der Waals surface area contributed by atoms with E-state index in [1.54, 1.807) is 31.1 Å². The Morgan fingerprint density at radius 3 is 2.47 bits per heavy atom. The van der Waals surface area contributed by atoms with Gasteiger partial charge in [0.15, 0.2) is 0 Å². The molecule has 1 atom stereocenters. The Morgan fingerprint density at radius 1 is 1.02 bits per heavy atom. The van der Waals surface area contributed by atoms with Crippen molar-refractivity contribution in [3.8, 4) is 28.5 Å². The van der Waals surface area contributed by atoms with Gasteiger partial charge in [0.2, 0.25) is 11.8 Å². The van der Waals surface area contributed by atoms with Gasteiger partial charge in [-0.25, -0.2) is 13.8 Å². The quantitative estimate of drug-likeness (QED) is 0.138. The molecule has 2 amide bonds. The van der Waals surface area contributed by atoms with Crippen LogP contribution in [0.5, 0.6) is 17.4 Å². The van der Waals surface area contributed by atoms with Gasteiger partial charge in [0, 0.05) is 55.3 Å². The van der Waals surface area contributed by atoms with Crippen molar-refractivity contribution in [1.82, 2.24) is 15.2 Å². The first-order chi connectivity index (χ1) is 24.4. The number of likely N-dealkylation sites (tertiary alicyclic amines) is 1. The molecular weight excluding hydrogens is 675 g/mol. The molecule has 5 rings (SSSR count). The van der Waals surface area contributed by atoms with E-state index in [9.17, 15) is 27.2 Å². The Morgan fingerprint density at radius 2 is 1.80 bits per heavy atom. The SMILES string of the molecule is CCOc1cc(OCc2ccc(OC)cc2)ncc1-c1ccc(CC(=O)Nc2cc(C(=O)NCCN3CC[C@@H](F)C3)cc(C(F)(F)F)c2)c(F)c1. The summed E-state index contributed by atoms with van der Waals surface area (Å²) in [7, 11) is 1.58. The van der Waals surface area contributed by atoms with Crippen LogP contribution in [0.3, 0.4) is 0 Å². The number of ether oxygens (including phenoxy) is 3. The van der Waals surface area contributed by atoms with E-state index in [0.29, 0.717) is 66.8 Å². The Bertz CT molecular complexity index is 1840. The highest BCUT2D eigenvalue weighted by Gasteiger charge is 2.32. The Hall–Kier alpha value is -5.24. The molecular formula is C37H37F5N4O5. The number of alkyl halides is 4. The number of amides is 2. The van der Waals surface area contributed by atoms with Crippen LogP contribution in [0.2, 0.25) is 0 Å². The molecule has 2 heterocycles. The van der Waals surface area contributed by atoms with Crippen LogP contribution in [0.25, 0.3) is 11.1 Å². The van der Waals surface area contributed by atoms with Crippen molar-refractivity contribution in [2.45, 2.75) is 38.7 Å². The third-order valence-electron chi connectivity index (χ3n) is 8.14. The lowest BCUT2D eigenvalue weighted by Gasteiger charge is -2.16. The maximum Gasteiger partial charge on any atom is 0.416 e. The maximum absolute atomic E-state index is 15.3. The summed E-state index contributed by atoms with van der Waals surface area (Å²) in [5.74, 6) is -0.902. The van der Waals surface area contributed by atoms with Gasteiger partial charge in [-0.3, -0.25) is 14.5 Å². The molecule has 270 valence electrons. The normalized spacial score (nSPS) is 14.6. The standard InChI is InChI=1S/C37H37F5N4O5/c1-3-50-33-19-35(51-22-23-4-8-30(49-2)9-5-23)44-20-31(33)24-6-7-25(32(39)16-24)17-34(47)45-29-15-26(14-27(18-29)37(40,41)42)36(48)43-11-13-46-12-10-28(38)21-46/h4-9,14-16,18-20,28H,3,10-13,17,21-22H2,1-2H3,(H,43,48)(H,45,47)/t28-/m1/s1. The van der Waals surface area contributed by atoms with Gasteiger partial charge in [0.05, 0.1) is 25.7 Å². The highest BCUT2D eigenvalue weighted by molar-refractivity contribution is 5.98. The largest absolute Gasteiger partial charge is 0.497 e. The molecule has 1 fully saturated rings. The van der Waals surface area contributed by atoms with Gasteiger partial charge in [-0.1, -0.05) is 24.3 Å². The Balaban J connectivity index is 1.24. The molecule has 2 N–H and O–H groups in total. The third kappa shape index (κ3) is 10.2. The summed E-state index contributed by atoms with van der Waals surface area (Å²) >= 11 is 0. The Kier molecular flexibility index (Phi) is 12.1. The number of rotatable bonds is 14. The number of pyridine rings is 1. The van der Waals surface area contributed by atoms with E-state index in [1.807, 2.05) is 24.3 Å². The monoisotopic (exact) mass is 712 g/mol. The summed E-state index contributed by atoms with van der Waals surface area (Å²) in [5, 5.41) is 4.89. The highest BCUT2D eigenvalue weighted by atomic mass is 19.4. The number of benzene rings is 3. The number of hydrogen-bond acceptors (Lipinski definition) is 7. The van der Waals surface area contributed by atoms with Crippen molar-refractivity contribution in [3.63, 3.8) is 0 Å². The molecule has 0 bridgehead atoms. The lowest BCUT2D eigenvalue weighted by atomic mass is 10.0. The number of carbonyl (C=O) groups is 2. The summed E-state index contributed by atoms with van der Waals surface area (Å²) in [6.07, 6.45) is -4.36. The minimum Gasteiger partial charge on any atom is -0.497 e. The second-order valence-corrected chi connectivity index (χ2v) is 11.9. The number of halogens is 5. The first kappa shape index (κ1) is 37.0. The molecule has 0 radical (unpaired) electrons. The van der Waals surface area contributed by atoms with Crippen LogP contribution >= 0.6 is 0 Å². The smallest absolute Gasteiger partial charge is 0.416 e. The van der Waals surface area contributed by atoms with Gasteiger partial charge >= 0.3 is 6.18 Å². The van der Waals surface area contributed by atoms with Crippen molar-refractivity contribution in [1.29, 1.82) is 0 Å². The summed E-state index contributed by atoms with van der Waals surface area (Å²) in [6.45, 7) is 3.55. The summed E-state index contributed by atoms with van der Waals surface area (Å²) < 4.78 is 86.6. The molecule has 0 saturated carbocycles. The fourth-order valence-electron chi connectivity index (χ4n) is 5.52. The number of nitrogens with zero attached hydrogens (tertiary/aromatic N) is 2. The molecule has 0 aliphatic carbocycles. The van der Waals surface area contributed by atoms with Crippen molar-refractivity contribution in [3.05, 3.63) is 101 Å². The third-order valence-corrected chi connectivity index (χ3v) is 8.14. The first-order valence-corrected chi connectivity index (χ1v) is 16.3.